The maximum atomic E-state index is 13.6. The van der Waals surface area contributed by atoms with E-state index in [2.05, 4.69) is 0 Å². The van der Waals surface area contributed by atoms with Crippen molar-refractivity contribution in [1.82, 2.24) is 4.90 Å². The van der Waals surface area contributed by atoms with Gasteiger partial charge < -0.3 is 19.7 Å². The van der Waals surface area contributed by atoms with E-state index in [1.807, 2.05) is 65.8 Å². The molecule has 2 fully saturated rings. The quantitative estimate of drug-likeness (QED) is 0.408. The summed E-state index contributed by atoms with van der Waals surface area (Å²) in [5.74, 6) is -3.52. The van der Waals surface area contributed by atoms with Gasteiger partial charge in [0, 0.05) is 41.9 Å². The molecule has 0 aromatic rings. The average Bonchev–Trinajstić information content (AvgIpc) is 3.17. The Bertz CT molecular complexity index is 1050. The normalized spacial score (nSPS) is 40.6. The molecule has 2 saturated carbocycles. The lowest BCUT2D eigenvalue weighted by Gasteiger charge is -2.52. The highest BCUT2D eigenvalue weighted by molar-refractivity contribution is 6.00. The Morgan fingerprint density at radius 1 is 1.19 bits per heavy atom. The Labute approximate surface area is 220 Å². The molecule has 1 unspecified atom stereocenters. The predicted molar refractivity (Wildman–Crippen MR) is 137 cm³/mol. The van der Waals surface area contributed by atoms with Gasteiger partial charge in [-0.05, 0) is 44.5 Å². The Kier molecular flexibility index (Phi) is 6.83. The molecule has 0 saturated heterocycles. The number of carbonyl (C=O) groups is 3. The number of nitrogens with zero attached hydrogens (tertiary/aromatic N) is 1. The highest BCUT2D eigenvalue weighted by Gasteiger charge is 2.87. The van der Waals surface area contributed by atoms with Gasteiger partial charge >= 0.3 is 11.9 Å². The second kappa shape index (κ2) is 9.02. The summed E-state index contributed by atoms with van der Waals surface area (Å²) in [5, 5.41) is 22.9. The molecule has 4 rings (SSSR count). The number of rotatable bonds is 6. The number of Topliss-reactive ketones (excluding diaryl/α,β-unsaturated/α-hetero) is 1. The maximum absolute atomic E-state index is 13.6. The van der Waals surface area contributed by atoms with Gasteiger partial charge in [-0.1, -0.05) is 46.8 Å². The van der Waals surface area contributed by atoms with Crippen LogP contribution in [0.25, 0.3) is 0 Å². The summed E-state index contributed by atoms with van der Waals surface area (Å²) in [5.41, 5.74) is -1.93. The third kappa shape index (κ3) is 3.77. The van der Waals surface area contributed by atoms with Gasteiger partial charge in [-0.3, -0.25) is 19.3 Å². The van der Waals surface area contributed by atoms with Crippen LogP contribution in [0.4, 0.5) is 0 Å². The number of esters is 2. The largest absolute Gasteiger partial charge is 0.456 e. The number of hydrogen-bond donors (Lipinski definition) is 2. The van der Waals surface area contributed by atoms with Crippen LogP contribution in [-0.4, -0.2) is 76.9 Å². The summed E-state index contributed by atoms with van der Waals surface area (Å²) in [6.45, 7) is 12.6. The van der Waals surface area contributed by atoms with Crippen LogP contribution >= 0.6 is 0 Å². The lowest BCUT2D eigenvalue weighted by Crippen LogP contribution is -2.64. The van der Waals surface area contributed by atoms with Gasteiger partial charge in [-0.25, -0.2) is 0 Å². The monoisotopic (exact) mass is 517 g/mol. The summed E-state index contributed by atoms with van der Waals surface area (Å²) in [4.78, 5) is 41.0. The SMILES string of the molecule is CC(=O)O[C@@]12[C@H](OC(=O)C(C(C)C)N(C)C)[C@@H](C)[C@]3(O)[C@@H]4C=C(C)C(=O)[C@@H]4CC(CO)=C[C@H]3[C@@H]1C2(C)C. The molecular weight excluding hydrogens is 474 g/mol. The van der Waals surface area contributed by atoms with E-state index in [0.29, 0.717) is 17.6 Å². The molecule has 206 valence electrons. The van der Waals surface area contributed by atoms with Crippen molar-refractivity contribution in [3.63, 3.8) is 0 Å². The predicted octanol–water partition coefficient (Wildman–Crippen LogP) is 2.52. The third-order valence-corrected chi connectivity index (χ3v) is 9.87. The van der Waals surface area contributed by atoms with Crippen molar-refractivity contribution in [3.05, 3.63) is 23.3 Å². The van der Waals surface area contributed by atoms with Gasteiger partial charge in [-0.2, -0.15) is 0 Å². The van der Waals surface area contributed by atoms with E-state index in [9.17, 15) is 24.6 Å². The van der Waals surface area contributed by atoms with Crippen molar-refractivity contribution in [2.24, 2.45) is 40.9 Å². The summed E-state index contributed by atoms with van der Waals surface area (Å²) >= 11 is 0. The summed E-state index contributed by atoms with van der Waals surface area (Å²) < 4.78 is 12.4. The van der Waals surface area contributed by atoms with Crippen LogP contribution in [0, 0.1) is 40.9 Å². The molecule has 0 spiro atoms. The van der Waals surface area contributed by atoms with Crippen LogP contribution in [0.5, 0.6) is 0 Å². The smallest absolute Gasteiger partial charge is 0.324 e. The van der Waals surface area contributed by atoms with Gasteiger partial charge in [-0.15, -0.1) is 0 Å². The molecule has 0 amide bonds. The van der Waals surface area contributed by atoms with Crippen LogP contribution in [-0.2, 0) is 23.9 Å². The Morgan fingerprint density at radius 3 is 2.32 bits per heavy atom. The number of aliphatic hydroxyl groups excluding tert-OH is 1. The second-order valence-corrected chi connectivity index (χ2v) is 12.8. The lowest BCUT2D eigenvalue weighted by atomic mass is 9.59. The minimum absolute atomic E-state index is 0.0275. The molecule has 8 heteroatoms. The molecule has 4 aliphatic carbocycles. The fourth-order valence-corrected chi connectivity index (χ4v) is 8.27. The first-order chi connectivity index (χ1) is 17.1. The van der Waals surface area contributed by atoms with Crippen molar-refractivity contribution >= 4 is 17.7 Å². The third-order valence-electron chi connectivity index (χ3n) is 9.87. The Morgan fingerprint density at radius 2 is 1.81 bits per heavy atom. The van der Waals surface area contributed by atoms with Crippen LogP contribution in [0.15, 0.2) is 23.3 Å². The fourth-order valence-electron chi connectivity index (χ4n) is 8.27. The first kappa shape index (κ1) is 28.0. The molecular formula is C29H43NO7. The van der Waals surface area contributed by atoms with Gasteiger partial charge in [0.15, 0.2) is 11.4 Å². The van der Waals surface area contributed by atoms with E-state index in [0.717, 1.165) is 0 Å². The Balaban J connectivity index is 1.89. The lowest BCUT2D eigenvalue weighted by molar-refractivity contribution is -0.222. The molecule has 4 aliphatic rings. The van der Waals surface area contributed by atoms with Gasteiger partial charge in [0.25, 0.3) is 0 Å². The number of ether oxygens (including phenoxy) is 2. The summed E-state index contributed by atoms with van der Waals surface area (Å²) in [7, 11) is 3.64. The van der Waals surface area contributed by atoms with E-state index >= 15 is 0 Å². The minimum atomic E-state index is -1.45. The van der Waals surface area contributed by atoms with Gasteiger partial charge in [0.1, 0.15) is 12.1 Å². The van der Waals surface area contributed by atoms with Crippen LogP contribution in [0.1, 0.15) is 54.9 Å². The van der Waals surface area contributed by atoms with Crippen molar-refractivity contribution in [3.8, 4) is 0 Å². The molecule has 9 atom stereocenters. The van der Waals surface area contributed by atoms with E-state index in [1.54, 1.807) is 6.92 Å². The summed E-state index contributed by atoms with van der Waals surface area (Å²) in [6, 6.07) is -0.521. The Hall–Kier alpha value is -2.03. The van der Waals surface area contributed by atoms with Gasteiger partial charge in [0.2, 0.25) is 0 Å². The fraction of sp³-hybridized carbons (Fsp3) is 0.759. The number of allylic oxidation sites excluding steroid dienone is 1. The summed E-state index contributed by atoms with van der Waals surface area (Å²) in [6.07, 6.45) is 3.19. The highest BCUT2D eigenvalue weighted by Crippen LogP contribution is 2.77. The molecule has 0 aromatic heterocycles. The molecule has 37 heavy (non-hydrogen) atoms. The van der Waals surface area contributed by atoms with Crippen LogP contribution in [0.2, 0.25) is 0 Å². The average molecular weight is 518 g/mol. The van der Waals surface area contributed by atoms with E-state index in [-0.39, 0.29) is 24.2 Å². The standard InChI is InChI=1S/C29H43NO7/c1-14(2)22(30(8)9)26(34)36-25-16(4)28(35)20-10-15(3)23(33)19(20)11-18(13-31)12-21(28)24-27(6,7)29(24,25)37-17(5)32/h10,12,14,16,19-22,24-25,31,35H,11,13H2,1-9H3/t16-,19-,20-,21+,22?,24-,25-,28+,29-/m1/s1. The highest BCUT2D eigenvalue weighted by atomic mass is 16.6. The molecule has 8 nitrogen and oxygen atoms in total. The molecule has 0 aliphatic heterocycles. The molecule has 0 aromatic carbocycles. The molecule has 0 heterocycles. The zero-order valence-electron chi connectivity index (χ0n) is 23.6. The maximum Gasteiger partial charge on any atom is 0.324 e. The van der Waals surface area contributed by atoms with Crippen molar-refractivity contribution < 1.29 is 34.1 Å². The number of likely N-dealkylation sites (N-methyl/N-ethyl adjacent to an activating group) is 1. The first-order valence-corrected chi connectivity index (χ1v) is 13.4. The van der Waals surface area contributed by atoms with Gasteiger partial charge in [0.05, 0.1) is 12.2 Å². The first-order valence-electron chi connectivity index (χ1n) is 13.4. The van der Waals surface area contributed by atoms with Crippen LogP contribution < -0.4 is 0 Å². The second-order valence-electron chi connectivity index (χ2n) is 12.8. The zero-order valence-corrected chi connectivity index (χ0v) is 23.6. The molecule has 0 radical (unpaired) electrons. The number of carbonyl (C=O) groups excluding carboxylic acids is 3. The van der Waals surface area contributed by atoms with E-state index in [1.165, 1.54) is 6.92 Å². The van der Waals surface area contributed by atoms with Crippen molar-refractivity contribution in [2.45, 2.75) is 78.2 Å². The minimum Gasteiger partial charge on any atom is -0.456 e. The van der Waals surface area contributed by atoms with Crippen molar-refractivity contribution in [2.75, 3.05) is 20.7 Å². The molecule has 2 N–H and O–H groups in total. The van der Waals surface area contributed by atoms with E-state index < -0.39 is 64.4 Å². The number of hydrogen-bond acceptors (Lipinski definition) is 8. The number of aliphatic hydroxyl groups is 2. The van der Waals surface area contributed by atoms with Crippen molar-refractivity contribution in [1.29, 1.82) is 0 Å². The van der Waals surface area contributed by atoms with Crippen LogP contribution in [0.3, 0.4) is 0 Å². The number of fused-ring (bicyclic) bond motifs is 5. The van der Waals surface area contributed by atoms with E-state index in [4.69, 9.17) is 9.47 Å². The number of ketones is 1. The zero-order chi connectivity index (χ0) is 27.8. The topological polar surface area (TPSA) is 113 Å². The molecule has 0 bridgehead atoms.